The predicted octanol–water partition coefficient (Wildman–Crippen LogP) is 3.54. The Morgan fingerprint density at radius 3 is 2.53 bits per heavy atom. The number of hydrogen-bond acceptors (Lipinski definition) is 3. The zero-order valence-electron chi connectivity index (χ0n) is 9.31. The van der Waals surface area contributed by atoms with E-state index in [1.807, 2.05) is 0 Å². The lowest BCUT2D eigenvalue weighted by Crippen LogP contribution is -2.11. The number of carboxylic acids is 1. The number of rotatable bonds is 3. The fourth-order valence-corrected chi connectivity index (χ4v) is 1.80. The molecule has 2 rings (SSSR count). The monoisotopic (exact) mass is 299 g/mol. The van der Waals surface area contributed by atoms with Crippen LogP contribution in [0.5, 0.6) is 0 Å². The lowest BCUT2D eigenvalue weighted by molar-refractivity contribution is 0.0696. The lowest BCUT2D eigenvalue weighted by atomic mass is 10.3. The number of amides is 1. The molecule has 1 aromatic carbocycles. The van der Waals surface area contributed by atoms with Gasteiger partial charge in [0.1, 0.15) is 6.26 Å². The van der Waals surface area contributed by atoms with Crippen molar-refractivity contribution in [3.63, 3.8) is 0 Å². The maximum absolute atomic E-state index is 11.8. The molecule has 1 amide bonds. The Morgan fingerprint density at radius 1 is 1.21 bits per heavy atom. The number of anilines is 1. The standard InChI is InChI=1S/C12H7Cl2NO4/c13-7-1-2-9(8(14)4-7)15-11(16)10-3-6(5-19-10)12(17)18/h1-5H,(H,15,16)(H,17,18). The number of carbonyl (C=O) groups excluding carboxylic acids is 1. The van der Waals surface area contributed by atoms with E-state index in [0.29, 0.717) is 10.7 Å². The first kappa shape index (κ1) is 13.5. The highest BCUT2D eigenvalue weighted by Gasteiger charge is 2.15. The molecule has 2 aromatic rings. The van der Waals surface area contributed by atoms with Crippen molar-refractivity contribution in [1.82, 2.24) is 0 Å². The van der Waals surface area contributed by atoms with E-state index in [0.717, 1.165) is 12.3 Å². The molecule has 1 heterocycles. The number of benzene rings is 1. The second-order valence-corrected chi connectivity index (χ2v) is 4.43. The second-order valence-electron chi connectivity index (χ2n) is 3.58. The van der Waals surface area contributed by atoms with Crippen LogP contribution >= 0.6 is 23.2 Å². The number of halogens is 2. The molecule has 0 saturated heterocycles. The van der Waals surface area contributed by atoms with Crippen molar-refractivity contribution >= 4 is 40.8 Å². The minimum Gasteiger partial charge on any atom is -0.478 e. The van der Waals surface area contributed by atoms with Crippen LogP contribution in [0, 0.1) is 0 Å². The van der Waals surface area contributed by atoms with Crippen molar-refractivity contribution in [2.75, 3.05) is 5.32 Å². The molecule has 0 atom stereocenters. The molecule has 0 aliphatic rings. The van der Waals surface area contributed by atoms with Gasteiger partial charge in [0.25, 0.3) is 5.91 Å². The summed E-state index contributed by atoms with van der Waals surface area (Å²) < 4.78 is 4.86. The van der Waals surface area contributed by atoms with E-state index in [2.05, 4.69) is 5.32 Å². The molecular formula is C12H7Cl2NO4. The van der Waals surface area contributed by atoms with Gasteiger partial charge < -0.3 is 14.8 Å². The lowest BCUT2D eigenvalue weighted by Gasteiger charge is -2.05. The average molecular weight is 300 g/mol. The summed E-state index contributed by atoms with van der Waals surface area (Å²) in [6.45, 7) is 0. The van der Waals surface area contributed by atoms with Gasteiger partial charge in [-0.05, 0) is 18.2 Å². The van der Waals surface area contributed by atoms with Crippen molar-refractivity contribution in [2.45, 2.75) is 0 Å². The van der Waals surface area contributed by atoms with Gasteiger partial charge in [0.15, 0.2) is 5.76 Å². The van der Waals surface area contributed by atoms with Gasteiger partial charge in [-0.2, -0.15) is 0 Å². The summed E-state index contributed by atoms with van der Waals surface area (Å²) in [6, 6.07) is 5.70. The summed E-state index contributed by atoms with van der Waals surface area (Å²) in [5, 5.41) is 11.9. The second kappa shape index (κ2) is 5.34. The van der Waals surface area contributed by atoms with Crippen molar-refractivity contribution in [3.8, 4) is 0 Å². The van der Waals surface area contributed by atoms with Crippen LogP contribution in [0.3, 0.4) is 0 Å². The Labute approximate surface area is 117 Å². The SMILES string of the molecule is O=C(O)c1coc(C(=O)Nc2ccc(Cl)cc2Cl)c1. The molecule has 0 aliphatic heterocycles. The van der Waals surface area contributed by atoms with Crippen LogP contribution < -0.4 is 5.32 Å². The van der Waals surface area contributed by atoms with Crippen molar-refractivity contribution in [1.29, 1.82) is 0 Å². The van der Waals surface area contributed by atoms with Gasteiger partial charge in [0, 0.05) is 11.1 Å². The first-order valence-corrected chi connectivity index (χ1v) is 5.81. The topological polar surface area (TPSA) is 79.5 Å². The first-order chi connectivity index (χ1) is 8.97. The van der Waals surface area contributed by atoms with E-state index in [9.17, 15) is 9.59 Å². The van der Waals surface area contributed by atoms with Crippen LogP contribution in [0.15, 0.2) is 34.9 Å². The fourth-order valence-electron chi connectivity index (χ4n) is 1.34. The summed E-state index contributed by atoms with van der Waals surface area (Å²) in [5.41, 5.74) is 0.247. The van der Waals surface area contributed by atoms with E-state index < -0.39 is 11.9 Å². The number of nitrogens with one attached hydrogen (secondary N) is 1. The maximum atomic E-state index is 11.8. The van der Waals surface area contributed by atoms with Crippen LogP contribution in [0.25, 0.3) is 0 Å². The van der Waals surface area contributed by atoms with Crippen molar-refractivity contribution in [3.05, 3.63) is 51.9 Å². The Balaban J connectivity index is 2.18. The molecule has 98 valence electrons. The summed E-state index contributed by atoms with van der Waals surface area (Å²) in [6.07, 6.45) is 0.987. The van der Waals surface area contributed by atoms with E-state index in [4.69, 9.17) is 32.7 Å². The zero-order valence-corrected chi connectivity index (χ0v) is 10.8. The van der Waals surface area contributed by atoms with Gasteiger partial charge in [-0.25, -0.2) is 4.79 Å². The first-order valence-electron chi connectivity index (χ1n) is 5.05. The normalized spacial score (nSPS) is 10.2. The molecule has 1 aromatic heterocycles. The van der Waals surface area contributed by atoms with Crippen LogP contribution in [0.1, 0.15) is 20.9 Å². The molecule has 0 fully saturated rings. The van der Waals surface area contributed by atoms with Gasteiger partial charge in [-0.15, -0.1) is 0 Å². The Bertz CT molecular complexity index is 651. The van der Waals surface area contributed by atoms with E-state index in [-0.39, 0.29) is 16.3 Å². The number of carbonyl (C=O) groups is 2. The molecular weight excluding hydrogens is 293 g/mol. The number of carboxylic acid groups (broad SMARTS) is 1. The third-order valence-corrected chi connectivity index (χ3v) is 2.80. The highest BCUT2D eigenvalue weighted by molar-refractivity contribution is 6.36. The van der Waals surface area contributed by atoms with Crippen LogP contribution in [0.4, 0.5) is 5.69 Å². The molecule has 7 heteroatoms. The van der Waals surface area contributed by atoms with E-state index in [1.165, 1.54) is 12.1 Å². The molecule has 0 saturated carbocycles. The summed E-state index contributed by atoms with van der Waals surface area (Å²) in [5.74, 6) is -1.90. The van der Waals surface area contributed by atoms with Crippen molar-refractivity contribution < 1.29 is 19.1 Å². The number of hydrogen-bond donors (Lipinski definition) is 2. The van der Waals surface area contributed by atoms with Gasteiger partial charge in [-0.3, -0.25) is 4.79 Å². The molecule has 19 heavy (non-hydrogen) atoms. The minimum absolute atomic E-state index is 0.104. The van der Waals surface area contributed by atoms with E-state index in [1.54, 1.807) is 6.07 Å². The van der Waals surface area contributed by atoms with Crippen molar-refractivity contribution in [2.24, 2.45) is 0 Å². The molecule has 5 nitrogen and oxygen atoms in total. The highest BCUT2D eigenvalue weighted by atomic mass is 35.5. The fraction of sp³-hybridized carbons (Fsp3) is 0. The Kier molecular flexibility index (Phi) is 3.78. The van der Waals surface area contributed by atoms with E-state index >= 15 is 0 Å². The summed E-state index contributed by atoms with van der Waals surface area (Å²) in [7, 11) is 0. The summed E-state index contributed by atoms with van der Waals surface area (Å²) >= 11 is 11.6. The molecule has 0 radical (unpaired) electrons. The smallest absolute Gasteiger partial charge is 0.338 e. The minimum atomic E-state index is -1.17. The Morgan fingerprint density at radius 2 is 1.95 bits per heavy atom. The Hall–Kier alpha value is -1.98. The molecule has 0 unspecified atom stereocenters. The van der Waals surface area contributed by atoms with Gasteiger partial charge in [0.2, 0.25) is 0 Å². The molecule has 2 N–H and O–H groups in total. The highest BCUT2D eigenvalue weighted by Crippen LogP contribution is 2.25. The molecule has 0 aliphatic carbocycles. The third kappa shape index (κ3) is 3.07. The summed E-state index contributed by atoms with van der Waals surface area (Å²) in [4.78, 5) is 22.5. The van der Waals surface area contributed by atoms with Crippen LogP contribution in [-0.2, 0) is 0 Å². The predicted molar refractivity (Wildman–Crippen MR) is 70.1 cm³/mol. The van der Waals surface area contributed by atoms with Crippen LogP contribution in [0.2, 0.25) is 10.0 Å². The maximum Gasteiger partial charge on any atom is 0.338 e. The van der Waals surface area contributed by atoms with Crippen LogP contribution in [-0.4, -0.2) is 17.0 Å². The largest absolute Gasteiger partial charge is 0.478 e. The average Bonchev–Trinajstić information content (AvgIpc) is 2.82. The van der Waals surface area contributed by atoms with Gasteiger partial charge in [-0.1, -0.05) is 23.2 Å². The molecule has 0 spiro atoms. The quantitative estimate of drug-likeness (QED) is 0.908. The van der Waals surface area contributed by atoms with Gasteiger partial charge in [0.05, 0.1) is 16.3 Å². The van der Waals surface area contributed by atoms with Gasteiger partial charge >= 0.3 is 5.97 Å². The number of furan rings is 1. The number of aromatic carboxylic acids is 1. The molecule has 0 bridgehead atoms. The zero-order chi connectivity index (χ0) is 14.0. The third-order valence-electron chi connectivity index (χ3n) is 2.25.